The smallest absolute Gasteiger partial charge is 0.0433 e. The highest BCUT2D eigenvalue weighted by Gasteiger charge is 2.42. The number of rotatable bonds is 4. The third kappa shape index (κ3) is 1.69. The first-order valence-electron chi connectivity index (χ1n) is 5.59. The Bertz CT molecular complexity index is 301. The molecule has 0 atom stereocenters. The molecule has 2 rings (SSSR count). The van der Waals surface area contributed by atoms with Crippen LogP contribution in [0.25, 0.3) is 0 Å². The summed E-state index contributed by atoms with van der Waals surface area (Å²) in [5.74, 6) is 0. The molecule has 1 N–H and O–H groups in total. The average molecular weight is 191 g/mol. The summed E-state index contributed by atoms with van der Waals surface area (Å²) in [5.41, 5.74) is 3.24. The molecule has 0 radical (unpaired) electrons. The second kappa shape index (κ2) is 3.74. The largest absolute Gasteiger partial charge is 0.310 e. The van der Waals surface area contributed by atoms with Gasteiger partial charge in [0.15, 0.2) is 0 Å². The predicted molar refractivity (Wildman–Crippen MR) is 62.5 cm³/mol. The van der Waals surface area contributed by atoms with Gasteiger partial charge in [-0.2, -0.15) is 0 Å². The summed E-state index contributed by atoms with van der Waals surface area (Å²) in [4.78, 5) is 0. The molecule has 1 fully saturated rings. The maximum atomic E-state index is 3.42. The molecular weight excluding hydrogens is 170 g/mol. The van der Waals surface area contributed by atoms with E-state index in [2.05, 4.69) is 43.6 Å². The quantitative estimate of drug-likeness (QED) is 0.771. The highest BCUT2D eigenvalue weighted by molar-refractivity contribution is 5.32. The minimum atomic E-state index is 0. The summed E-state index contributed by atoms with van der Waals surface area (Å²) in [5, 5.41) is 3.42. The molecule has 0 saturated heterocycles. The van der Waals surface area contributed by atoms with Crippen LogP contribution in [0.5, 0.6) is 0 Å². The molecule has 0 heterocycles. The summed E-state index contributed by atoms with van der Waals surface area (Å²) in [6.45, 7) is 2.23. The topological polar surface area (TPSA) is 12.0 Å². The van der Waals surface area contributed by atoms with E-state index in [1.807, 2.05) is 0 Å². The highest BCUT2D eigenvalue weighted by atomic mass is 15.0. The number of benzene rings is 1. The second-order valence-electron chi connectivity index (χ2n) is 4.28. The lowest BCUT2D eigenvalue weighted by atomic mass is 10.0. The first-order chi connectivity index (χ1) is 6.80. The molecule has 0 aliphatic heterocycles. The van der Waals surface area contributed by atoms with Gasteiger partial charge < -0.3 is 5.32 Å². The van der Waals surface area contributed by atoms with E-state index < -0.39 is 0 Å². The Morgan fingerprint density at radius 2 is 1.93 bits per heavy atom. The molecule has 0 aromatic heterocycles. The zero-order valence-corrected chi connectivity index (χ0v) is 9.14. The maximum Gasteiger partial charge on any atom is 0.0433 e. The van der Waals surface area contributed by atoms with Gasteiger partial charge in [0.2, 0.25) is 0 Å². The van der Waals surface area contributed by atoms with Crippen molar-refractivity contribution in [1.29, 1.82) is 0 Å². The lowest BCUT2D eigenvalue weighted by Gasteiger charge is -2.14. The van der Waals surface area contributed by atoms with Crippen LogP contribution in [0.4, 0.5) is 0 Å². The van der Waals surface area contributed by atoms with E-state index in [1.165, 1.54) is 36.8 Å². The van der Waals surface area contributed by atoms with E-state index in [9.17, 15) is 0 Å². The van der Waals surface area contributed by atoms with Gasteiger partial charge in [-0.15, -0.1) is 0 Å². The van der Waals surface area contributed by atoms with Crippen molar-refractivity contribution < 1.29 is 1.43 Å². The minimum absolute atomic E-state index is 0. The maximum absolute atomic E-state index is 3.42. The Labute approximate surface area is 88.0 Å². The zero-order chi connectivity index (χ0) is 10.0. The van der Waals surface area contributed by atoms with Crippen molar-refractivity contribution in [1.82, 2.24) is 5.32 Å². The SMILES string of the molecule is CCCc1ccc(C2(NC)CC2)cc1.[HH]. The van der Waals surface area contributed by atoms with E-state index in [1.54, 1.807) is 0 Å². The Morgan fingerprint density at radius 3 is 2.36 bits per heavy atom. The number of aryl methyl sites for hydroxylation is 1. The fourth-order valence-electron chi connectivity index (χ4n) is 2.09. The summed E-state index contributed by atoms with van der Waals surface area (Å²) < 4.78 is 0. The Balaban J connectivity index is 0.00000112. The van der Waals surface area contributed by atoms with Crippen molar-refractivity contribution in [3.05, 3.63) is 35.4 Å². The van der Waals surface area contributed by atoms with Crippen LogP contribution in [0.1, 0.15) is 38.7 Å². The fraction of sp³-hybridized carbons (Fsp3) is 0.538. The lowest BCUT2D eigenvalue weighted by molar-refractivity contribution is 0.585. The van der Waals surface area contributed by atoms with Gasteiger partial charge in [-0.25, -0.2) is 0 Å². The van der Waals surface area contributed by atoms with Crippen molar-refractivity contribution in [2.45, 2.75) is 38.1 Å². The summed E-state index contributed by atoms with van der Waals surface area (Å²) in [6, 6.07) is 9.12. The third-order valence-electron chi connectivity index (χ3n) is 3.27. The molecule has 1 saturated carbocycles. The van der Waals surface area contributed by atoms with Crippen LogP contribution in [0.15, 0.2) is 24.3 Å². The molecule has 78 valence electrons. The lowest BCUT2D eigenvalue weighted by Crippen LogP contribution is -2.24. The third-order valence-corrected chi connectivity index (χ3v) is 3.27. The molecule has 14 heavy (non-hydrogen) atoms. The van der Waals surface area contributed by atoms with Crippen molar-refractivity contribution >= 4 is 0 Å². The summed E-state index contributed by atoms with van der Waals surface area (Å²) in [6.07, 6.45) is 5.01. The van der Waals surface area contributed by atoms with Crippen LogP contribution < -0.4 is 5.32 Å². The molecule has 1 aliphatic rings. The van der Waals surface area contributed by atoms with E-state index in [-0.39, 0.29) is 1.43 Å². The van der Waals surface area contributed by atoms with Gasteiger partial charge in [-0.3, -0.25) is 0 Å². The summed E-state index contributed by atoms with van der Waals surface area (Å²) >= 11 is 0. The first-order valence-corrected chi connectivity index (χ1v) is 5.59. The van der Waals surface area contributed by atoms with Gasteiger partial charge in [0.1, 0.15) is 0 Å². The van der Waals surface area contributed by atoms with Gasteiger partial charge >= 0.3 is 0 Å². The van der Waals surface area contributed by atoms with Gasteiger partial charge in [0, 0.05) is 6.97 Å². The Morgan fingerprint density at radius 1 is 1.29 bits per heavy atom. The number of hydrogen-bond acceptors (Lipinski definition) is 1. The van der Waals surface area contributed by atoms with E-state index >= 15 is 0 Å². The zero-order valence-electron chi connectivity index (χ0n) is 9.14. The van der Waals surface area contributed by atoms with Crippen LogP contribution in [0.2, 0.25) is 0 Å². The molecule has 0 bridgehead atoms. The molecule has 0 spiro atoms. The van der Waals surface area contributed by atoms with E-state index in [0.717, 1.165) is 0 Å². The van der Waals surface area contributed by atoms with Crippen LogP contribution in [0.3, 0.4) is 0 Å². The van der Waals surface area contributed by atoms with Gasteiger partial charge in [0.25, 0.3) is 0 Å². The minimum Gasteiger partial charge on any atom is -0.310 e. The predicted octanol–water partition coefficient (Wildman–Crippen LogP) is 3.09. The molecule has 1 aliphatic carbocycles. The van der Waals surface area contributed by atoms with E-state index in [4.69, 9.17) is 0 Å². The van der Waals surface area contributed by atoms with Crippen molar-refractivity contribution in [2.75, 3.05) is 7.05 Å². The van der Waals surface area contributed by atoms with Crippen molar-refractivity contribution in [3.8, 4) is 0 Å². The van der Waals surface area contributed by atoms with Crippen LogP contribution in [-0.2, 0) is 12.0 Å². The molecule has 1 aromatic rings. The number of nitrogens with one attached hydrogen (secondary N) is 1. The average Bonchev–Trinajstić information content (AvgIpc) is 3.00. The Kier molecular flexibility index (Phi) is 2.60. The van der Waals surface area contributed by atoms with Gasteiger partial charge in [0.05, 0.1) is 0 Å². The van der Waals surface area contributed by atoms with Gasteiger partial charge in [-0.05, 0) is 37.4 Å². The summed E-state index contributed by atoms with van der Waals surface area (Å²) in [7, 11) is 2.06. The molecule has 1 aromatic carbocycles. The molecule has 1 heteroatoms. The van der Waals surface area contributed by atoms with Crippen LogP contribution in [-0.4, -0.2) is 7.05 Å². The second-order valence-corrected chi connectivity index (χ2v) is 4.28. The van der Waals surface area contributed by atoms with Crippen LogP contribution in [0, 0.1) is 0 Å². The number of hydrogen-bond donors (Lipinski definition) is 1. The normalized spacial score (nSPS) is 18.1. The molecular formula is C13H21N. The molecule has 1 nitrogen and oxygen atoms in total. The highest BCUT2D eigenvalue weighted by Crippen LogP contribution is 2.44. The monoisotopic (exact) mass is 191 g/mol. The molecule has 0 unspecified atom stereocenters. The van der Waals surface area contributed by atoms with Crippen molar-refractivity contribution in [3.63, 3.8) is 0 Å². The molecule has 0 amide bonds. The fourth-order valence-corrected chi connectivity index (χ4v) is 2.09. The van der Waals surface area contributed by atoms with Gasteiger partial charge in [-0.1, -0.05) is 37.6 Å². The Hall–Kier alpha value is -0.820. The first kappa shape index (κ1) is 9.72. The standard InChI is InChI=1S/C13H19N.H2/c1-3-4-11-5-7-12(8-6-11)13(14-2)9-10-13;/h5-8,14H,3-4,9-10H2,1-2H3;1H. The van der Waals surface area contributed by atoms with Crippen LogP contribution >= 0.6 is 0 Å². The van der Waals surface area contributed by atoms with Crippen molar-refractivity contribution in [2.24, 2.45) is 0 Å². The van der Waals surface area contributed by atoms with E-state index in [0.29, 0.717) is 5.54 Å².